The molecule has 8 nitrogen and oxygen atoms in total. The van der Waals surface area contributed by atoms with E-state index in [1.807, 2.05) is 6.07 Å². The van der Waals surface area contributed by atoms with E-state index >= 15 is 0 Å². The molecule has 0 aromatic heterocycles. The number of carbonyl (C=O) groups excluding carboxylic acids is 3. The predicted molar refractivity (Wildman–Crippen MR) is 119 cm³/mol. The number of imide groups is 1. The summed E-state index contributed by atoms with van der Waals surface area (Å²) in [7, 11) is 1.53. The van der Waals surface area contributed by atoms with Crippen LogP contribution in [0.5, 0.6) is 5.75 Å². The molecule has 1 atom stereocenters. The van der Waals surface area contributed by atoms with Gasteiger partial charge in [0.05, 0.1) is 19.6 Å². The van der Waals surface area contributed by atoms with E-state index in [0.717, 1.165) is 10.5 Å². The molecule has 4 amide bonds. The minimum Gasteiger partial charge on any atom is -0.497 e. The van der Waals surface area contributed by atoms with Gasteiger partial charge < -0.3 is 15.0 Å². The molecule has 32 heavy (non-hydrogen) atoms. The molecule has 3 rings (SSSR count). The molecule has 1 aliphatic rings. The summed E-state index contributed by atoms with van der Waals surface area (Å²) < 4.78 is 5.14. The van der Waals surface area contributed by atoms with Gasteiger partial charge in [0.15, 0.2) is 0 Å². The number of benzene rings is 2. The van der Waals surface area contributed by atoms with Crippen LogP contribution in [-0.4, -0.2) is 42.9 Å². The van der Waals surface area contributed by atoms with Crippen molar-refractivity contribution in [3.8, 4) is 11.8 Å². The van der Waals surface area contributed by atoms with E-state index < -0.39 is 29.9 Å². The van der Waals surface area contributed by atoms with Gasteiger partial charge in [0.2, 0.25) is 5.91 Å². The Labute approximate surface area is 191 Å². The van der Waals surface area contributed by atoms with Crippen LogP contribution in [0.3, 0.4) is 0 Å². The Balaban J connectivity index is 1.84. The standard InChI is InChI=1S/C23H23ClN4O4/c1-15-13-17(7-10-19(15)24)27(12-4-11-25)20(29)14-28-21(30)23(2,26-22(28)31)16-5-8-18(32-3)9-6-16/h5-10,13H,4,12,14H2,1-3H3,(H,26,31). The molecule has 1 heterocycles. The Morgan fingerprint density at radius 3 is 2.53 bits per heavy atom. The van der Waals surface area contributed by atoms with Gasteiger partial charge in [-0.15, -0.1) is 0 Å². The Morgan fingerprint density at radius 1 is 1.25 bits per heavy atom. The number of nitriles is 1. The summed E-state index contributed by atoms with van der Waals surface area (Å²) in [6.45, 7) is 3.06. The normalized spacial score (nSPS) is 17.7. The number of aryl methyl sites for hydroxylation is 1. The Morgan fingerprint density at radius 2 is 1.94 bits per heavy atom. The molecule has 0 spiro atoms. The number of nitrogens with zero attached hydrogens (tertiary/aromatic N) is 3. The van der Waals surface area contributed by atoms with Crippen LogP contribution >= 0.6 is 11.6 Å². The number of ether oxygens (including phenoxy) is 1. The van der Waals surface area contributed by atoms with Gasteiger partial charge in [-0.05, 0) is 55.3 Å². The highest BCUT2D eigenvalue weighted by molar-refractivity contribution is 6.31. The number of hydrogen-bond acceptors (Lipinski definition) is 5. The van der Waals surface area contributed by atoms with Crippen LogP contribution < -0.4 is 15.0 Å². The fourth-order valence-electron chi connectivity index (χ4n) is 3.54. The van der Waals surface area contributed by atoms with E-state index in [0.29, 0.717) is 22.0 Å². The van der Waals surface area contributed by atoms with Crippen molar-refractivity contribution in [3.05, 3.63) is 58.6 Å². The summed E-state index contributed by atoms with van der Waals surface area (Å²) in [5.41, 5.74) is 0.567. The summed E-state index contributed by atoms with van der Waals surface area (Å²) in [5.74, 6) is -0.398. The van der Waals surface area contributed by atoms with E-state index in [1.54, 1.807) is 56.3 Å². The number of halogens is 1. The van der Waals surface area contributed by atoms with Crippen molar-refractivity contribution < 1.29 is 19.1 Å². The second-order valence-electron chi connectivity index (χ2n) is 7.56. The number of carbonyl (C=O) groups is 3. The zero-order chi connectivity index (χ0) is 23.5. The minimum absolute atomic E-state index is 0.0944. The van der Waals surface area contributed by atoms with E-state index in [2.05, 4.69) is 5.32 Å². The number of anilines is 1. The maximum atomic E-state index is 13.2. The number of amides is 4. The van der Waals surface area contributed by atoms with Gasteiger partial charge in [-0.1, -0.05) is 23.7 Å². The first-order valence-corrected chi connectivity index (χ1v) is 10.3. The first kappa shape index (κ1) is 23.1. The number of hydrogen-bond donors (Lipinski definition) is 1. The van der Waals surface area contributed by atoms with Crippen molar-refractivity contribution >= 4 is 35.1 Å². The van der Waals surface area contributed by atoms with Crippen LogP contribution in [-0.2, 0) is 15.1 Å². The zero-order valence-corrected chi connectivity index (χ0v) is 18.8. The molecule has 0 bridgehead atoms. The fourth-order valence-corrected chi connectivity index (χ4v) is 3.66. The van der Waals surface area contributed by atoms with Gasteiger partial charge in [0.1, 0.15) is 17.8 Å². The van der Waals surface area contributed by atoms with Crippen LogP contribution in [0.2, 0.25) is 5.02 Å². The molecular formula is C23H23ClN4O4. The number of urea groups is 1. The Hall–Kier alpha value is -3.57. The van der Waals surface area contributed by atoms with Crippen molar-refractivity contribution in [1.82, 2.24) is 10.2 Å². The molecule has 1 unspecified atom stereocenters. The first-order chi connectivity index (χ1) is 15.2. The van der Waals surface area contributed by atoms with Crippen molar-refractivity contribution in [3.63, 3.8) is 0 Å². The smallest absolute Gasteiger partial charge is 0.325 e. The van der Waals surface area contributed by atoms with E-state index in [9.17, 15) is 14.4 Å². The second kappa shape index (κ2) is 9.28. The summed E-state index contributed by atoms with van der Waals surface area (Å²) in [4.78, 5) is 41.2. The zero-order valence-electron chi connectivity index (χ0n) is 18.0. The molecule has 2 aromatic rings. The quantitative estimate of drug-likeness (QED) is 0.646. The molecule has 1 aliphatic heterocycles. The third kappa shape index (κ3) is 4.39. The van der Waals surface area contributed by atoms with E-state index in [1.165, 1.54) is 12.0 Å². The molecule has 2 aromatic carbocycles. The maximum Gasteiger partial charge on any atom is 0.325 e. The third-order valence-corrected chi connectivity index (χ3v) is 5.86. The van der Waals surface area contributed by atoms with Crippen LogP contribution in [0.25, 0.3) is 0 Å². The second-order valence-corrected chi connectivity index (χ2v) is 7.97. The lowest BCUT2D eigenvalue weighted by Crippen LogP contribution is -2.45. The summed E-state index contributed by atoms with van der Waals surface area (Å²) in [6, 6.07) is 13.2. The molecule has 0 saturated carbocycles. The van der Waals surface area contributed by atoms with Crippen LogP contribution in [0.15, 0.2) is 42.5 Å². The lowest BCUT2D eigenvalue weighted by Gasteiger charge is -2.25. The summed E-state index contributed by atoms with van der Waals surface area (Å²) >= 11 is 6.08. The van der Waals surface area contributed by atoms with Gasteiger partial charge in [0.25, 0.3) is 5.91 Å². The monoisotopic (exact) mass is 454 g/mol. The Bertz CT molecular complexity index is 1100. The predicted octanol–water partition coefficient (Wildman–Crippen LogP) is 3.37. The van der Waals surface area contributed by atoms with Gasteiger partial charge in [0, 0.05) is 17.3 Å². The fraction of sp³-hybridized carbons (Fsp3) is 0.304. The maximum absolute atomic E-state index is 13.2. The SMILES string of the molecule is COc1ccc(C2(C)NC(=O)N(CC(=O)N(CCC#N)c3ccc(Cl)c(C)c3)C2=O)cc1. The van der Waals surface area contributed by atoms with Crippen LogP contribution in [0.1, 0.15) is 24.5 Å². The average Bonchev–Trinajstić information content (AvgIpc) is 3.00. The topological polar surface area (TPSA) is 103 Å². The number of rotatable bonds is 7. The summed E-state index contributed by atoms with van der Waals surface area (Å²) in [5, 5.41) is 12.2. The highest BCUT2D eigenvalue weighted by Crippen LogP contribution is 2.30. The largest absolute Gasteiger partial charge is 0.497 e. The van der Waals surface area contributed by atoms with Gasteiger partial charge in [-0.2, -0.15) is 5.26 Å². The molecule has 9 heteroatoms. The molecule has 0 radical (unpaired) electrons. The average molecular weight is 455 g/mol. The van der Waals surface area contributed by atoms with Crippen LogP contribution in [0.4, 0.5) is 10.5 Å². The lowest BCUT2D eigenvalue weighted by molar-refractivity contribution is -0.134. The van der Waals surface area contributed by atoms with Crippen LogP contribution in [0, 0.1) is 18.3 Å². The highest BCUT2D eigenvalue weighted by atomic mass is 35.5. The third-order valence-electron chi connectivity index (χ3n) is 5.44. The van der Waals surface area contributed by atoms with Crippen molar-refractivity contribution in [2.45, 2.75) is 25.8 Å². The molecule has 1 fully saturated rings. The Kier molecular flexibility index (Phi) is 6.70. The number of methoxy groups -OCH3 is 1. The molecule has 166 valence electrons. The first-order valence-electron chi connectivity index (χ1n) is 9.93. The molecular weight excluding hydrogens is 432 g/mol. The van der Waals surface area contributed by atoms with Gasteiger partial charge >= 0.3 is 6.03 Å². The van der Waals surface area contributed by atoms with E-state index in [-0.39, 0.29) is 13.0 Å². The lowest BCUT2D eigenvalue weighted by atomic mass is 9.92. The molecule has 1 saturated heterocycles. The van der Waals surface area contributed by atoms with Crippen molar-refractivity contribution in [2.24, 2.45) is 0 Å². The van der Waals surface area contributed by atoms with Crippen molar-refractivity contribution in [1.29, 1.82) is 5.26 Å². The molecule has 1 N–H and O–H groups in total. The van der Waals surface area contributed by atoms with Gasteiger partial charge in [-0.3, -0.25) is 14.5 Å². The highest BCUT2D eigenvalue weighted by Gasteiger charge is 2.49. The van der Waals surface area contributed by atoms with Gasteiger partial charge in [-0.25, -0.2) is 4.79 Å². The number of nitrogens with one attached hydrogen (secondary N) is 1. The molecule has 0 aliphatic carbocycles. The minimum atomic E-state index is -1.31. The summed E-state index contributed by atoms with van der Waals surface area (Å²) in [6.07, 6.45) is 0.0944. The van der Waals surface area contributed by atoms with Crippen molar-refractivity contribution in [2.75, 3.05) is 25.1 Å². The van der Waals surface area contributed by atoms with E-state index in [4.69, 9.17) is 21.6 Å².